The van der Waals surface area contributed by atoms with Gasteiger partial charge in [0.15, 0.2) is 5.78 Å². The third-order valence-corrected chi connectivity index (χ3v) is 3.25. The van der Waals surface area contributed by atoms with Crippen LogP contribution in [0, 0.1) is 0 Å². The van der Waals surface area contributed by atoms with Crippen LogP contribution in [-0.2, 0) is 0 Å². The maximum atomic E-state index is 11.9. The van der Waals surface area contributed by atoms with Crippen molar-refractivity contribution < 1.29 is 9.21 Å². The second-order valence-corrected chi connectivity index (χ2v) is 4.62. The molecule has 3 aromatic rings. The molecule has 0 fully saturated rings. The number of fused-ring (bicyclic) bond motifs is 1. The van der Waals surface area contributed by atoms with Crippen molar-refractivity contribution in [2.45, 2.75) is 6.92 Å². The Morgan fingerprint density at radius 2 is 1.70 bits per heavy atom. The van der Waals surface area contributed by atoms with Crippen molar-refractivity contribution in [3.8, 4) is 11.3 Å². The Labute approximate surface area is 115 Å². The van der Waals surface area contributed by atoms with E-state index in [0.29, 0.717) is 16.7 Å². The molecule has 98 valence electrons. The Morgan fingerprint density at radius 1 is 1.00 bits per heavy atom. The summed E-state index contributed by atoms with van der Waals surface area (Å²) in [5.41, 5.74) is 1.06. The van der Waals surface area contributed by atoms with E-state index in [0.717, 1.165) is 10.9 Å². The van der Waals surface area contributed by atoms with E-state index in [1.807, 2.05) is 18.2 Å². The van der Waals surface area contributed by atoms with Crippen molar-refractivity contribution >= 4 is 16.6 Å². The van der Waals surface area contributed by atoms with E-state index in [-0.39, 0.29) is 11.4 Å². The fourth-order valence-electron chi connectivity index (χ4n) is 2.15. The van der Waals surface area contributed by atoms with E-state index < -0.39 is 0 Å². The van der Waals surface area contributed by atoms with Crippen LogP contribution in [-0.4, -0.2) is 5.78 Å². The minimum absolute atomic E-state index is 0.0107. The second-order valence-electron chi connectivity index (χ2n) is 4.62. The topological polar surface area (TPSA) is 47.3 Å². The van der Waals surface area contributed by atoms with Gasteiger partial charge in [0.1, 0.15) is 5.76 Å². The van der Waals surface area contributed by atoms with Gasteiger partial charge in [0.05, 0.1) is 5.39 Å². The zero-order valence-corrected chi connectivity index (χ0v) is 10.9. The molecule has 0 aliphatic carbocycles. The number of carbonyl (C=O) groups is 1. The van der Waals surface area contributed by atoms with Crippen molar-refractivity contribution in [3.63, 3.8) is 0 Å². The van der Waals surface area contributed by atoms with Crippen molar-refractivity contribution in [1.82, 2.24) is 0 Å². The van der Waals surface area contributed by atoms with E-state index in [1.165, 1.54) is 6.92 Å². The highest BCUT2D eigenvalue weighted by Gasteiger charge is 2.07. The minimum Gasteiger partial charge on any atom is -0.422 e. The van der Waals surface area contributed by atoms with Crippen molar-refractivity contribution in [1.29, 1.82) is 0 Å². The van der Waals surface area contributed by atoms with E-state index in [2.05, 4.69) is 0 Å². The summed E-state index contributed by atoms with van der Waals surface area (Å²) in [6.07, 6.45) is 0. The first-order valence-electron chi connectivity index (χ1n) is 6.29. The van der Waals surface area contributed by atoms with Crippen LogP contribution in [0.25, 0.3) is 22.1 Å². The molecule has 0 N–H and O–H groups in total. The van der Waals surface area contributed by atoms with Gasteiger partial charge < -0.3 is 4.42 Å². The summed E-state index contributed by atoms with van der Waals surface area (Å²) in [6.45, 7) is 1.52. The standard InChI is InChI=1S/C17H12O3/c1-11(18)12-6-8-13(9-7-12)16-10-14-4-2-3-5-15(14)17(19)20-16/h2-10H,1H3. The van der Waals surface area contributed by atoms with Gasteiger partial charge in [-0.15, -0.1) is 0 Å². The third-order valence-electron chi connectivity index (χ3n) is 3.25. The largest absolute Gasteiger partial charge is 0.422 e. The van der Waals surface area contributed by atoms with Crippen LogP contribution in [0.2, 0.25) is 0 Å². The smallest absolute Gasteiger partial charge is 0.344 e. The van der Waals surface area contributed by atoms with Crippen LogP contribution in [0.4, 0.5) is 0 Å². The number of ketones is 1. The van der Waals surface area contributed by atoms with Gasteiger partial charge in [-0.05, 0) is 24.4 Å². The predicted molar refractivity (Wildman–Crippen MR) is 77.9 cm³/mol. The number of Topliss-reactive ketones (excluding diaryl/α,β-unsaturated/α-hetero) is 1. The molecule has 3 heteroatoms. The van der Waals surface area contributed by atoms with Crippen LogP contribution in [0.15, 0.2) is 63.8 Å². The van der Waals surface area contributed by atoms with Gasteiger partial charge in [0.2, 0.25) is 0 Å². The average molecular weight is 264 g/mol. The Bertz CT molecular complexity index is 842. The molecule has 0 spiro atoms. The molecule has 3 nitrogen and oxygen atoms in total. The van der Waals surface area contributed by atoms with Crippen molar-refractivity contribution in [3.05, 3.63) is 70.6 Å². The number of hydrogen-bond acceptors (Lipinski definition) is 3. The van der Waals surface area contributed by atoms with Crippen LogP contribution in [0.1, 0.15) is 17.3 Å². The highest BCUT2D eigenvalue weighted by atomic mass is 16.4. The highest BCUT2D eigenvalue weighted by molar-refractivity contribution is 5.94. The first-order chi connectivity index (χ1) is 9.65. The number of hydrogen-bond donors (Lipinski definition) is 0. The molecule has 0 amide bonds. The lowest BCUT2D eigenvalue weighted by Gasteiger charge is -2.03. The third kappa shape index (κ3) is 2.14. The molecule has 3 rings (SSSR count). The summed E-state index contributed by atoms with van der Waals surface area (Å²) >= 11 is 0. The lowest BCUT2D eigenvalue weighted by Crippen LogP contribution is -2.00. The predicted octanol–water partition coefficient (Wildman–Crippen LogP) is 3.66. The SMILES string of the molecule is CC(=O)c1ccc(-c2cc3ccccc3c(=O)o2)cc1. The van der Waals surface area contributed by atoms with E-state index in [9.17, 15) is 9.59 Å². The number of rotatable bonds is 2. The summed E-state index contributed by atoms with van der Waals surface area (Å²) in [5, 5.41) is 1.41. The fraction of sp³-hybridized carbons (Fsp3) is 0.0588. The van der Waals surface area contributed by atoms with E-state index in [4.69, 9.17) is 4.42 Å². The molecule has 0 aliphatic heterocycles. The summed E-state index contributed by atoms with van der Waals surface area (Å²) in [5.74, 6) is 0.514. The second kappa shape index (κ2) is 4.78. The molecule has 0 bridgehead atoms. The summed E-state index contributed by atoms with van der Waals surface area (Å²) < 4.78 is 5.34. The first-order valence-corrected chi connectivity index (χ1v) is 6.29. The van der Waals surface area contributed by atoms with Gasteiger partial charge in [-0.3, -0.25) is 4.79 Å². The lowest BCUT2D eigenvalue weighted by molar-refractivity contribution is 0.101. The van der Waals surface area contributed by atoms with E-state index >= 15 is 0 Å². The quantitative estimate of drug-likeness (QED) is 0.663. The van der Waals surface area contributed by atoms with Gasteiger partial charge in [-0.1, -0.05) is 42.5 Å². The Balaban J connectivity index is 2.14. The fourth-order valence-corrected chi connectivity index (χ4v) is 2.15. The molecule has 0 aliphatic rings. The van der Waals surface area contributed by atoms with E-state index in [1.54, 1.807) is 36.4 Å². The molecule has 0 saturated heterocycles. The van der Waals surface area contributed by atoms with Gasteiger partial charge >= 0.3 is 5.63 Å². The molecule has 0 saturated carbocycles. The van der Waals surface area contributed by atoms with Gasteiger partial charge in [-0.25, -0.2) is 4.79 Å². The Kier molecular flexibility index (Phi) is 2.95. The maximum absolute atomic E-state index is 11.9. The molecule has 2 aromatic carbocycles. The normalized spacial score (nSPS) is 10.7. The molecule has 1 heterocycles. The summed E-state index contributed by atoms with van der Waals surface area (Å²) in [7, 11) is 0. The monoisotopic (exact) mass is 264 g/mol. The number of benzene rings is 2. The van der Waals surface area contributed by atoms with Crippen LogP contribution in [0.5, 0.6) is 0 Å². The molecule has 0 atom stereocenters. The van der Waals surface area contributed by atoms with Crippen molar-refractivity contribution in [2.75, 3.05) is 0 Å². The molecule has 1 aromatic heterocycles. The highest BCUT2D eigenvalue weighted by Crippen LogP contribution is 2.22. The maximum Gasteiger partial charge on any atom is 0.344 e. The lowest BCUT2D eigenvalue weighted by atomic mass is 10.1. The zero-order chi connectivity index (χ0) is 14.1. The average Bonchev–Trinajstić information content (AvgIpc) is 2.47. The summed E-state index contributed by atoms with van der Waals surface area (Å²) in [4.78, 5) is 23.2. The molecular weight excluding hydrogens is 252 g/mol. The van der Waals surface area contributed by atoms with Crippen LogP contribution in [0.3, 0.4) is 0 Å². The van der Waals surface area contributed by atoms with Crippen molar-refractivity contribution in [2.24, 2.45) is 0 Å². The first kappa shape index (κ1) is 12.4. The van der Waals surface area contributed by atoms with Crippen LogP contribution < -0.4 is 5.63 Å². The minimum atomic E-state index is -0.353. The van der Waals surface area contributed by atoms with Gasteiger partial charge in [0, 0.05) is 11.1 Å². The molecule has 20 heavy (non-hydrogen) atoms. The molecule has 0 unspecified atom stereocenters. The van der Waals surface area contributed by atoms with Gasteiger partial charge in [0.25, 0.3) is 0 Å². The van der Waals surface area contributed by atoms with Gasteiger partial charge in [-0.2, -0.15) is 0 Å². The van der Waals surface area contributed by atoms with Crippen LogP contribution >= 0.6 is 0 Å². The Morgan fingerprint density at radius 3 is 2.40 bits per heavy atom. The summed E-state index contributed by atoms with van der Waals surface area (Å²) in [6, 6.07) is 16.2. The Hall–Kier alpha value is -2.68. The molecule has 0 radical (unpaired) electrons. The zero-order valence-electron chi connectivity index (χ0n) is 10.9. The molecular formula is C17H12O3. The number of carbonyl (C=O) groups excluding carboxylic acids is 1.